The van der Waals surface area contributed by atoms with Crippen LogP contribution in [0.1, 0.15) is 20.3 Å². The third-order valence-electron chi connectivity index (χ3n) is 2.19. The fourth-order valence-corrected chi connectivity index (χ4v) is 1.53. The van der Waals surface area contributed by atoms with Gasteiger partial charge in [-0.2, -0.15) is 0 Å². The fourth-order valence-electron chi connectivity index (χ4n) is 1.53. The van der Waals surface area contributed by atoms with E-state index in [0.717, 1.165) is 13.0 Å². The molecule has 0 saturated carbocycles. The number of nitrogens with zero attached hydrogens (tertiary/aromatic N) is 2. The predicted octanol–water partition coefficient (Wildman–Crippen LogP) is 1.51. The van der Waals surface area contributed by atoms with Gasteiger partial charge in [-0.1, -0.05) is 6.92 Å². The maximum atomic E-state index is 2.42. The maximum absolute atomic E-state index is 2.42. The van der Waals surface area contributed by atoms with Crippen molar-refractivity contribution in [2.45, 2.75) is 20.3 Å². The molecule has 2 heteroatoms. The highest BCUT2D eigenvalue weighted by molar-refractivity contribution is 5.04. The molecule has 1 aliphatic heterocycles. The van der Waals surface area contributed by atoms with Crippen LogP contribution in [0, 0.1) is 0 Å². The highest BCUT2D eigenvalue weighted by Crippen LogP contribution is 2.15. The van der Waals surface area contributed by atoms with E-state index in [1.54, 1.807) is 0 Å². The zero-order valence-corrected chi connectivity index (χ0v) is 7.80. The van der Waals surface area contributed by atoms with Gasteiger partial charge in [0.1, 0.15) is 0 Å². The molecule has 0 spiro atoms. The molecule has 1 saturated heterocycles. The Balaban J connectivity index is 2.63. The molecule has 0 bridgehead atoms. The molecule has 2 nitrogen and oxygen atoms in total. The molecular weight excluding hydrogens is 136 g/mol. The third kappa shape index (κ3) is 1.67. The van der Waals surface area contributed by atoms with Crippen molar-refractivity contribution in [3.05, 3.63) is 11.9 Å². The monoisotopic (exact) mass is 154 g/mol. The van der Waals surface area contributed by atoms with Crippen molar-refractivity contribution in [1.82, 2.24) is 9.80 Å². The van der Waals surface area contributed by atoms with Gasteiger partial charge in [0.25, 0.3) is 0 Å². The summed E-state index contributed by atoms with van der Waals surface area (Å²) in [6, 6.07) is 0. The van der Waals surface area contributed by atoms with Crippen LogP contribution in [-0.4, -0.2) is 36.5 Å². The molecular formula is C9H18N2. The van der Waals surface area contributed by atoms with Gasteiger partial charge in [0, 0.05) is 26.7 Å². The van der Waals surface area contributed by atoms with E-state index >= 15 is 0 Å². The minimum Gasteiger partial charge on any atom is -0.360 e. The predicted molar refractivity (Wildman–Crippen MR) is 48.3 cm³/mol. The molecule has 64 valence electrons. The Morgan fingerprint density at radius 1 is 1.36 bits per heavy atom. The zero-order valence-electron chi connectivity index (χ0n) is 7.80. The first-order valence-corrected chi connectivity index (χ1v) is 4.45. The molecule has 0 radical (unpaired) electrons. The van der Waals surface area contributed by atoms with Gasteiger partial charge in [0.05, 0.1) is 5.82 Å². The normalized spacial score (nSPS) is 21.9. The summed E-state index contributed by atoms with van der Waals surface area (Å²) in [7, 11) is 2.16. The van der Waals surface area contributed by atoms with Crippen molar-refractivity contribution >= 4 is 0 Å². The average Bonchev–Trinajstić information content (AvgIpc) is 2.34. The molecule has 1 heterocycles. The lowest BCUT2D eigenvalue weighted by Gasteiger charge is -2.20. The van der Waals surface area contributed by atoms with E-state index in [9.17, 15) is 0 Å². The topological polar surface area (TPSA) is 6.48 Å². The highest BCUT2D eigenvalue weighted by Gasteiger charge is 2.18. The van der Waals surface area contributed by atoms with Crippen molar-refractivity contribution < 1.29 is 0 Å². The summed E-state index contributed by atoms with van der Waals surface area (Å²) >= 11 is 0. The van der Waals surface area contributed by atoms with Crippen LogP contribution in [0.25, 0.3) is 0 Å². The van der Waals surface area contributed by atoms with E-state index in [0.29, 0.717) is 0 Å². The standard InChI is InChI=1S/C9H18N2/c1-4-6-9-10(3)7-8-11(9)5-2/h6H,4-5,7-8H2,1-3H3/b9-6+. The zero-order chi connectivity index (χ0) is 8.27. The molecule has 0 aromatic heterocycles. The summed E-state index contributed by atoms with van der Waals surface area (Å²) in [6.45, 7) is 7.91. The number of rotatable bonds is 2. The van der Waals surface area contributed by atoms with Crippen molar-refractivity contribution in [2.75, 3.05) is 26.7 Å². The third-order valence-corrected chi connectivity index (χ3v) is 2.19. The van der Waals surface area contributed by atoms with Crippen molar-refractivity contribution in [3.8, 4) is 0 Å². The lowest BCUT2D eigenvalue weighted by molar-refractivity contribution is 0.379. The fraction of sp³-hybridized carbons (Fsp3) is 0.778. The van der Waals surface area contributed by atoms with Gasteiger partial charge in [0.2, 0.25) is 0 Å². The number of hydrogen-bond acceptors (Lipinski definition) is 2. The molecule has 0 aromatic carbocycles. The van der Waals surface area contributed by atoms with Crippen molar-refractivity contribution in [2.24, 2.45) is 0 Å². The van der Waals surface area contributed by atoms with E-state index in [-0.39, 0.29) is 0 Å². The Morgan fingerprint density at radius 2 is 2.09 bits per heavy atom. The summed E-state index contributed by atoms with van der Waals surface area (Å²) in [5, 5.41) is 0. The first-order valence-electron chi connectivity index (χ1n) is 4.45. The maximum Gasteiger partial charge on any atom is 0.0996 e. The van der Waals surface area contributed by atoms with E-state index in [1.165, 1.54) is 18.9 Å². The average molecular weight is 154 g/mol. The Labute approximate surface area is 69.5 Å². The Hall–Kier alpha value is -0.660. The van der Waals surface area contributed by atoms with Gasteiger partial charge in [0.15, 0.2) is 0 Å². The number of hydrogen-bond donors (Lipinski definition) is 0. The van der Waals surface area contributed by atoms with Gasteiger partial charge in [-0.25, -0.2) is 0 Å². The van der Waals surface area contributed by atoms with Gasteiger partial charge in [-0.05, 0) is 19.4 Å². The van der Waals surface area contributed by atoms with Crippen LogP contribution in [0.2, 0.25) is 0 Å². The number of likely N-dealkylation sites (N-methyl/N-ethyl adjacent to an activating group) is 2. The molecule has 0 amide bonds. The minimum absolute atomic E-state index is 1.14. The molecule has 1 rings (SSSR count). The van der Waals surface area contributed by atoms with E-state index in [1.807, 2.05) is 0 Å². The van der Waals surface area contributed by atoms with E-state index in [4.69, 9.17) is 0 Å². The van der Waals surface area contributed by atoms with E-state index in [2.05, 4.69) is 36.8 Å². The van der Waals surface area contributed by atoms with Crippen LogP contribution in [-0.2, 0) is 0 Å². The molecule has 1 fully saturated rings. The summed E-state index contributed by atoms with van der Waals surface area (Å²) in [5.41, 5.74) is 0. The van der Waals surface area contributed by atoms with Crippen LogP contribution >= 0.6 is 0 Å². The summed E-state index contributed by atoms with van der Waals surface area (Å²) in [5.74, 6) is 1.41. The quantitative estimate of drug-likeness (QED) is 0.595. The minimum atomic E-state index is 1.14. The van der Waals surface area contributed by atoms with Gasteiger partial charge in [-0.15, -0.1) is 0 Å². The molecule has 0 atom stereocenters. The number of allylic oxidation sites excluding steroid dienone is 1. The lowest BCUT2D eigenvalue weighted by atomic mass is 10.4. The molecule has 1 aliphatic rings. The summed E-state index contributed by atoms with van der Waals surface area (Å²) in [4.78, 5) is 4.75. The second-order valence-electron chi connectivity index (χ2n) is 2.97. The first kappa shape index (κ1) is 8.44. The smallest absolute Gasteiger partial charge is 0.0996 e. The van der Waals surface area contributed by atoms with Crippen LogP contribution in [0.5, 0.6) is 0 Å². The van der Waals surface area contributed by atoms with Crippen molar-refractivity contribution in [1.29, 1.82) is 0 Å². The Kier molecular flexibility index (Phi) is 2.80. The summed E-state index contributed by atoms with van der Waals surface area (Å²) < 4.78 is 0. The highest BCUT2D eigenvalue weighted by atomic mass is 15.4. The van der Waals surface area contributed by atoms with Crippen molar-refractivity contribution in [3.63, 3.8) is 0 Å². The van der Waals surface area contributed by atoms with Gasteiger partial charge in [-0.3, -0.25) is 0 Å². The lowest BCUT2D eigenvalue weighted by Crippen LogP contribution is -2.20. The molecule has 11 heavy (non-hydrogen) atoms. The van der Waals surface area contributed by atoms with Crippen LogP contribution in [0.3, 0.4) is 0 Å². The molecule has 0 unspecified atom stereocenters. The van der Waals surface area contributed by atoms with Crippen LogP contribution in [0.15, 0.2) is 11.9 Å². The SMILES string of the molecule is CC/C=C1\N(C)CCN1CC. The van der Waals surface area contributed by atoms with Gasteiger partial charge >= 0.3 is 0 Å². The molecule has 0 aromatic rings. The van der Waals surface area contributed by atoms with E-state index < -0.39 is 0 Å². The van der Waals surface area contributed by atoms with Crippen LogP contribution in [0.4, 0.5) is 0 Å². The second kappa shape index (κ2) is 3.65. The molecule has 0 aliphatic carbocycles. The Morgan fingerprint density at radius 3 is 2.64 bits per heavy atom. The van der Waals surface area contributed by atoms with Gasteiger partial charge < -0.3 is 9.80 Å². The van der Waals surface area contributed by atoms with Crippen LogP contribution < -0.4 is 0 Å². The largest absolute Gasteiger partial charge is 0.360 e. The second-order valence-corrected chi connectivity index (χ2v) is 2.97. The Bertz CT molecular complexity index is 152. The summed E-state index contributed by atoms with van der Waals surface area (Å²) in [6.07, 6.45) is 3.44. The molecule has 0 N–H and O–H groups in total. The first-order chi connectivity index (χ1) is 5.29.